The van der Waals surface area contributed by atoms with Crippen LogP contribution in [0, 0.1) is 5.92 Å². The number of ether oxygens (including phenoxy) is 1. The third kappa shape index (κ3) is 4.49. The number of hydrogen-bond donors (Lipinski definition) is 3. The van der Waals surface area contributed by atoms with Gasteiger partial charge in [0.05, 0.1) is 6.61 Å². The van der Waals surface area contributed by atoms with Crippen molar-refractivity contribution >= 4 is 17.8 Å². The summed E-state index contributed by atoms with van der Waals surface area (Å²) < 4.78 is 5.41. The Balaban J connectivity index is 1.50. The molecule has 1 heterocycles. The average Bonchev–Trinajstić information content (AvgIpc) is 3.34. The van der Waals surface area contributed by atoms with Crippen molar-refractivity contribution < 1.29 is 24.2 Å². The Morgan fingerprint density at radius 1 is 1.28 bits per heavy atom. The van der Waals surface area contributed by atoms with Gasteiger partial charge in [0, 0.05) is 25.3 Å². The lowest BCUT2D eigenvalue weighted by molar-refractivity contribution is -0.142. The SMILES string of the molecule is O=C(CCCNC(=O)C1CC1)NC(C(=O)O)c1ccc2c(c1)CCO2. The number of carbonyl (C=O) groups excluding carboxylic acids is 2. The molecule has 0 radical (unpaired) electrons. The molecule has 134 valence electrons. The van der Waals surface area contributed by atoms with Crippen LogP contribution in [-0.4, -0.2) is 36.0 Å². The minimum atomic E-state index is -1.10. The van der Waals surface area contributed by atoms with Gasteiger partial charge >= 0.3 is 5.97 Å². The Morgan fingerprint density at radius 3 is 2.80 bits per heavy atom. The summed E-state index contributed by atoms with van der Waals surface area (Å²) in [5, 5.41) is 14.8. The van der Waals surface area contributed by atoms with Gasteiger partial charge in [0.2, 0.25) is 11.8 Å². The molecule has 3 N–H and O–H groups in total. The fourth-order valence-electron chi connectivity index (χ4n) is 2.86. The summed E-state index contributed by atoms with van der Waals surface area (Å²) in [5.41, 5.74) is 1.49. The quantitative estimate of drug-likeness (QED) is 0.613. The number of carboxylic acid groups (broad SMARTS) is 1. The Bertz CT molecular complexity index is 684. The highest BCUT2D eigenvalue weighted by molar-refractivity contribution is 5.84. The molecule has 7 heteroatoms. The predicted octanol–water partition coefficient (Wildman–Crippen LogP) is 1.17. The Hall–Kier alpha value is -2.57. The maximum Gasteiger partial charge on any atom is 0.330 e. The van der Waals surface area contributed by atoms with Gasteiger partial charge in [-0.2, -0.15) is 0 Å². The minimum Gasteiger partial charge on any atom is -0.493 e. The summed E-state index contributed by atoms with van der Waals surface area (Å²) in [6, 6.07) is 4.10. The van der Waals surface area contributed by atoms with E-state index < -0.39 is 12.0 Å². The molecule has 1 aliphatic heterocycles. The molecular formula is C18H22N2O5. The van der Waals surface area contributed by atoms with Gasteiger partial charge in [-0.05, 0) is 42.5 Å². The highest BCUT2D eigenvalue weighted by Crippen LogP contribution is 2.29. The van der Waals surface area contributed by atoms with E-state index in [4.69, 9.17) is 4.74 Å². The van der Waals surface area contributed by atoms with Crippen LogP contribution in [0.5, 0.6) is 5.75 Å². The standard InChI is InChI=1S/C18H22N2O5/c21-15(2-1-8-19-17(22)11-3-4-11)20-16(18(23)24)13-5-6-14-12(10-13)7-9-25-14/h5-6,10-11,16H,1-4,7-9H2,(H,19,22)(H,20,21)(H,23,24). The molecule has 1 aromatic carbocycles. The number of aliphatic carboxylic acids is 1. The first-order valence-corrected chi connectivity index (χ1v) is 8.60. The summed E-state index contributed by atoms with van der Waals surface area (Å²) in [7, 11) is 0. The molecule has 1 saturated carbocycles. The topological polar surface area (TPSA) is 105 Å². The van der Waals surface area contributed by atoms with Gasteiger partial charge in [0.15, 0.2) is 6.04 Å². The van der Waals surface area contributed by atoms with E-state index in [0.29, 0.717) is 25.1 Å². The number of amides is 2. The first kappa shape index (κ1) is 17.3. The summed E-state index contributed by atoms with van der Waals surface area (Å²) in [6.07, 6.45) is 3.28. The molecule has 1 unspecified atom stereocenters. The van der Waals surface area contributed by atoms with Gasteiger partial charge in [0.1, 0.15) is 5.75 Å². The molecule has 7 nitrogen and oxygen atoms in total. The summed E-state index contributed by atoms with van der Waals surface area (Å²) in [5.74, 6) is -0.483. The van der Waals surface area contributed by atoms with Gasteiger partial charge in [-0.25, -0.2) is 4.79 Å². The van der Waals surface area contributed by atoms with Crippen molar-refractivity contribution in [1.29, 1.82) is 0 Å². The van der Waals surface area contributed by atoms with Crippen LogP contribution in [-0.2, 0) is 20.8 Å². The van der Waals surface area contributed by atoms with Crippen LogP contribution < -0.4 is 15.4 Å². The third-order valence-electron chi connectivity index (χ3n) is 4.43. The molecule has 0 spiro atoms. The van der Waals surface area contributed by atoms with E-state index in [1.807, 2.05) is 0 Å². The van der Waals surface area contributed by atoms with Crippen molar-refractivity contribution in [3.63, 3.8) is 0 Å². The Morgan fingerprint density at radius 2 is 2.08 bits per heavy atom. The van der Waals surface area contributed by atoms with Crippen LogP contribution in [0.25, 0.3) is 0 Å². The Kier molecular flexibility index (Phi) is 5.21. The van der Waals surface area contributed by atoms with E-state index in [1.54, 1.807) is 18.2 Å². The maximum absolute atomic E-state index is 12.0. The zero-order chi connectivity index (χ0) is 17.8. The lowest BCUT2D eigenvalue weighted by Gasteiger charge is -2.16. The molecule has 0 bridgehead atoms. The molecule has 3 rings (SSSR count). The fourth-order valence-corrected chi connectivity index (χ4v) is 2.86. The molecule has 2 amide bonds. The van der Waals surface area contributed by atoms with E-state index in [0.717, 1.165) is 30.6 Å². The largest absolute Gasteiger partial charge is 0.493 e. The van der Waals surface area contributed by atoms with Crippen molar-refractivity contribution in [2.24, 2.45) is 5.92 Å². The van der Waals surface area contributed by atoms with Gasteiger partial charge in [-0.1, -0.05) is 6.07 Å². The molecule has 2 aliphatic rings. The predicted molar refractivity (Wildman–Crippen MR) is 89.1 cm³/mol. The van der Waals surface area contributed by atoms with Gasteiger partial charge in [-0.3, -0.25) is 9.59 Å². The summed E-state index contributed by atoms with van der Waals surface area (Å²) in [6.45, 7) is 1.02. The van der Waals surface area contributed by atoms with E-state index >= 15 is 0 Å². The van der Waals surface area contributed by atoms with Crippen LogP contribution in [0.1, 0.15) is 42.9 Å². The number of fused-ring (bicyclic) bond motifs is 1. The zero-order valence-corrected chi connectivity index (χ0v) is 13.9. The fraction of sp³-hybridized carbons (Fsp3) is 0.500. The lowest BCUT2D eigenvalue weighted by atomic mass is 10.0. The third-order valence-corrected chi connectivity index (χ3v) is 4.43. The van der Waals surface area contributed by atoms with Crippen molar-refractivity contribution in [2.75, 3.05) is 13.2 Å². The highest BCUT2D eigenvalue weighted by Gasteiger charge is 2.29. The second kappa shape index (κ2) is 7.55. The van der Waals surface area contributed by atoms with E-state index in [2.05, 4.69) is 10.6 Å². The van der Waals surface area contributed by atoms with Crippen LogP contribution in [0.2, 0.25) is 0 Å². The highest BCUT2D eigenvalue weighted by atomic mass is 16.5. The molecular weight excluding hydrogens is 324 g/mol. The average molecular weight is 346 g/mol. The number of carboxylic acids is 1. The number of carbonyl (C=O) groups is 3. The maximum atomic E-state index is 12.0. The smallest absolute Gasteiger partial charge is 0.330 e. The normalized spacial score (nSPS) is 16.5. The number of nitrogens with one attached hydrogen (secondary N) is 2. The molecule has 0 saturated heterocycles. The molecule has 25 heavy (non-hydrogen) atoms. The van der Waals surface area contributed by atoms with Crippen LogP contribution in [0.15, 0.2) is 18.2 Å². The minimum absolute atomic E-state index is 0.0455. The van der Waals surface area contributed by atoms with Crippen molar-refractivity contribution in [1.82, 2.24) is 10.6 Å². The van der Waals surface area contributed by atoms with E-state index in [9.17, 15) is 19.5 Å². The first-order chi connectivity index (χ1) is 12.0. The van der Waals surface area contributed by atoms with E-state index in [1.165, 1.54) is 0 Å². The van der Waals surface area contributed by atoms with Crippen molar-refractivity contribution in [3.8, 4) is 5.75 Å². The molecule has 1 aliphatic carbocycles. The van der Waals surface area contributed by atoms with E-state index in [-0.39, 0.29) is 24.2 Å². The van der Waals surface area contributed by atoms with Crippen molar-refractivity contribution in [3.05, 3.63) is 29.3 Å². The number of benzene rings is 1. The number of rotatable bonds is 8. The molecule has 0 aromatic heterocycles. The molecule has 1 atom stereocenters. The summed E-state index contributed by atoms with van der Waals surface area (Å²) >= 11 is 0. The van der Waals surface area contributed by atoms with Crippen molar-refractivity contribution in [2.45, 2.75) is 38.1 Å². The van der Waals surface area contributed by atoms with Crippen LogP contribution in [0.3, 0.4) is 0 Å². The van der Waals surface area contributed by atoms with Crippen LogP contribution in [0.4, 0.5) is 0 Å². The number of hydrogen-bond acceptors (Lipinski definition) is 4. The van der Waals surface area contributed by atoms with Gasteiger partial charge in [-0.15, -0.1) is 0 Å². The Labute approximate surface area is 145 Å². The molecule has 1 fully saturated rings. The first-order valence-electron chi connectivity index (χ1n) is 8.60. The van der Waals surface area contributed by atoms with Gasteiger partial charge < -0.3 is 20.5 Å². The zero-order valence-electron chi connectivity index (χ0n) is 13.9. The second-order valence-electron chi connectivity index (χ2n) is 6.47. The van der Waals surface area contributed by atoms with Gasteiger partial charge in [0.25, 0.3) is 0 Å². The second-order valence-corrected chi connectivity index (χ2v) is 6.47. The molecule has 1 aromatic rings. The van der Waals surface area contributed by atoms with Crippen LogP contribution >= 0.6 is 0 Å². The summed E-state index contributed by atoms with van der Waals surface area (Å²) in [4.78, 5) is 35.1. The monoisotopic (exact) mass is 346 g/mol. The lowest BCUT2D eigenvalue weighted by Crippen LogP contribution is -2.34.